The zero-order valence-electron chi connectivity index (χ0n) is 8.77. The number of benzene rings is 1. The van der Waals surface area contributed by atoms with Crippen LogP contribution in [0.2, 0.25) is 0 Å². The van der Waals surface area contributed by atoms with Crippen molar-refractivity contribution in [2.24, 2.45) is 0 Å². The van der Waals surface area contributed by atoms with E-state index in [1.165, 1.54) is 0 Å². The van der Waals surface area contributed by atoms with Crippen molar-refractivity contribution in [1.29, 1.82) is 0 Å². The van der Waals surface area contributed by atoms with Crippen LogP contribution in [0.3, 0.4) is 0 Å². The minimum absolute atomic E-state index is 0.489. The van der Waals surface area contributed by atoms with E-state index in [0.717, 1.165) is 11.8 Å². The maximum absolute atomic E-state index is 10.9. The number of hydrogen-bond acceptors (Lipinski definition) is 3. The van der Waals surface area contributed by atoms with Crippen LogP contribution in [-0.4, -0.2) is 19.8 Å². The summed E-state index contributed by atoms with van der Waals surface area (Å²) >= 11 is 0. The third-order valence-corrected chi connectivity index (χ3v) is 2.59. The van der Waals surface area contributed by atoms with Crippen LogP contribution in [0.25, 0.3) is 0 Å². The highest BCUT2D eigenvalue weighted by molar-refractivity contribution is 7.92. The zero-order valence-corrected chi connectivity index (χ0v) is 9.58. The summed E-state index contributed by atoms with van der Waals surface area (Å²) in [7, 11) is -3.23. The molecule has 0 heterocycles. The average Bonchev–Trinajstić information content (AvgIpc) is 2.15. The minimum Gasteiger partial charge on any atom is -0.388 e. The summed E-state index contributed by atoms with van der Waals surface area (Å²) in [5, 5.41) is 9.51. The summed E-state index contributed by atoms with van der Waals surface area (Å²) in [6.07, 6.45) is 1.25. The van der Waals surface area contributed by atoms with Gasteiger partial charge < -0.3 is 5.11 Å². The minimum atomic E-state index is -3.23. The van der Waals surface area contributed by atoms with Crippen molar-refractivity contribution in [3.05, 3.63) is 29.8 Å². The number of aliphatic hydroxyl groups excluding tert-OH is 1. The molecule has 15 heavy (non-hydrogen) atoms. The summed E-state index contributed by atoms with van der Waals surface area (Å²) in [6, 6.07) is 6.69. The van der Waals surface area contributed by atoms with E-state index < -0.39 is 16.1 Å². The number of sulfonamides is 1. The Morgan fingerprint density at radius 2 is 1.87 bits per heavy atom. The first-order valence-corrected chi connectivity index (χ1v) is 6.57. The van der Waals surface area contributed by atoms with Crippen molar-refractivity contribution in [3.63, 3.8) is 0 Å². The number of anilines is 1. The molecule has 2 N–H and O–H groups in total. The molecule has 0 aliphatic heterocycles. The molecular formula is C10H15NO3S. The summed E-state index contributed by atoms with van der Waals surface area (Å²) in [4.78, 5) is 0. The van der Waals surface area contributed by atoms with Crippen LogP contribution in [0.4, 0.5) is 5.69 Å². The lowest BCUT2D eigenvalue weighted by atomic mass is 10.1. The van der Waals surface area contributed by atoms with E-state index in [4.69, 9.17) is 0 Å². The van der Waals surface area contributed by atoms with Gasteiger partial charge in [-0.05, 0) is 24.1 Å². The smallest absolute Gasteiger partial charge is 0.229 e. The molecule has 5 heteroatoms. The number of nitrogens with one attached hydrogen (secondary N) is 1. The maximum Gasteiger partial charge on any atom is 0.229 e. The van der Waals surface area contributed by atoms with Crippen molar-refractivity contribution in [1.82, 2.24) is 0 Å². The summed E-state index contributed by atoms with van der Waals surface area (Å²) in [5.74, 6) is 0. The fourth-order valence-electron chi connectivity index (χ4n) is 1.22. The van der Waals surface area contributed by atoms with Gasteiger partial charge in [-0.2, -0.15) is 0 Å². The molecule has 1 atom stereocenters. The van der Waals surface area contributed by atoms with Gasteiger partial charge in [0.2, 0.25) is 10.0 Å². The maximum atomic E-state index is 10.9. The number of rotatable bonds is 4. The van der Waals surface area contributed by atoms with E-state index in [-0.39, 0.29) is 0 Å². The van der Waals surface area contributed by atoms with E-state index in [2.05, 4.69) is 4.72 Å². The monoisotopic (exact) mass is 229 g/mol. The molecule has 0 aliphatic carbocycles. The van der Waals surface area contributed by atoms with Crippen LogP contribution in [0.5, 0.6) is 0 Å². The molecule has 0 aromatic heterocycles. The Kier molecular flexibility index (Phi) is 3.71. The van der Waals surface area contributed by atoms with Crippen molar-refractivity contribution in [2.45, 2.75) is 19.4 Å². The Labute approximate surface area is 90.0 Å². The molecule has 0 spiro atoms. The molecular weight excluding hydrogens is 214 g/mol. The Bertz CT molecular complexity index is 411. The van der Waals surface area contributed by atoms with Crippen molar-refractivity contribution in [2.75, 3.05) is 11.0 Å². The Hall–Kier alpha value is -1.07. The predicted octanol–water partition coefficient (Wildman–Crippen LogP) is 1.50. The normalized spacial score (nSPS) is 13.5. The second kappa shape index (κ2) is 4.63. The molecule has 0 saturated heterocycles. The summed E-state index contributed by atoms with van der Waals surface area (Å²) < 4.78 is 24.2. The Morgan fingerprint density at radius 3 is 2.27 bits per heavy atom. The van der Waals surface area contributed by atoms with E-state index >= 15 is 0 Å². The van der Waals surface area contributed by atoms with Crippen LogP contribution >= 0.6 is 0 Å². The molecule has 4 nitrogen and oxygen atoms in total. The SMILES string of the molecule is CC[C@H](O)c1ccc(NS(C)(=O)=O)cc1. The number of aliphatic hydroxyl groups is 1. The van der Waals surface area contributed by atoms with Crippen LogP contribution in [0.1, 0.15) is 25.0 Å². The van der Waals surface area contributed by atoms with Gasteiger partial charge in [0, 0.05) is 5.69 Å². The van der Waals surface area contributed by atoms with Gasteiger partial charge in [0.25, 0.3) is 0 Å². The molecule has 0 amide bonds. The quantitative estimate of drug-likeness (QED) is 0.822. The van der Waals surface area contributed by atoms with E-state index in [1.54, 1.807) is 24.3 Å². The molecule has 1 aromatic rings. The lowest BCUT2D eigenvalue weighted by Gasteiger charge is -2.09. The molecule has 0 bridgehead atoms. The molecule has 1 aromatic carbocycles. The van der Waals surface area contributed by atoms with Gasteiger partial charge in [-0.15, -0.1) is 0 Å². The molecule has 0 unspecified atom stereocenters. The first-order chi connectivity index (χ1) is 6.92. The van der Waals surface area contributed by atoms with E-state index in [0.29, 0.717) is 12.1 Å². The van der Waals surface area contributed by atoms with Gasteiger partial charge in [0.1, 0.15) is 0 Å². The fraction of sp³-hybridized carbons (Fsp3) is 0.400. The molecule has 1 rings (SSSR count). The second-order valence-corrected chi connectivity index (χ2v) is 5.17. The molecule has 0 aliphatic rings. The summed E-state index contributed by atoms with van der Waals surface area (Å²) in [5.41, 5.74) is 1.29. The highest BCUT2D eigenvalue weighted by Crippen LogP contribution is 2.18. The van der Waals surface area contributed by atoms with Crippen molar-refractivity contribution >= 4 is 15.7 Å². The van der Waals surface area contributed by atoms with Crippen LogP contribution in [-0.2, 0) is 10.0 Å². The van der Waals surface area contributed by atoms with Gasteiger partial charge in [0.05, 0.1) is 12.4 Å². The molecule has 0 saturated carbocycles. The van der Waals surface area contributed by atoms with Crippen LogP contribution in [0.15, 0.2) is 24.3 Å². The largest absolute Gasteiger partial charge is 0.388 e. The van der Waals surface area contributed by atoms with Gasteiger partial charge >= 0.3 is 0 Å². The molecule has 84 valence electrons. The number of hydrogen-bond donors (Lipinski definition) is 2. The van der Waals surface area contributed by atoms with Gasteiger partial charge in [-0.25, -0.2) is 8.42 Å². The lowest BCUT2D eigenvalue weighted by Crippen LogP contribution is -2.09. The molecule has 0 radical (unpaired) electrons. The molecule has 0 fully saturated rings. The van der Waals surface area contributed by atoms with Crippen LogP contribution < -0.4 is 4.72 Å². The average molecular weight is 229 g/mol. The van der Waals surface area contributed by atoms with Crippen LogP contribution in [0, 0.1) is 0 Å². The third-order valence-electron chi connectivity index (χ3n) is 1.99. The Morgan fingerprint density at radius 1 is 1.33 bits per heavy atom. The second-order valence-electron chi connectivity index (χ2n) is 3.42. The lowest BCUT2D eigenvalue weighted by molar-refractivity contribution is 0.173. The highest BCUT2D eigenvalue weighted by atomic mass is 32.2. The van der Waals surface area contributed by atoms with Gasteiger partial charge in [-0.1, -0.05) is 19.1 Å². The summed E-state index contributed by atoms with van der Waals surface area (Å²) in [6.45, 7) is 1.88. The van der Waals surface area contributed by atoms with E-state index in [9.17, 15) is 13.5 Å². The first-order valence-electron chi connectivity index (χ1n) is 4.68. The standard InChI is InChI=1S/C10H15NO3S/c1-3-10(12)8-4-6-9(7-5-8)11-15(2,13)14/h4-7,10-12H,3H2,1-2H3/t10-/m0/s1. The predicted molar refractivity (Wildman–Crippen MR) is 60.2 cm³/mol. The third kappa shape index (κ3) is 3.89. The van der Waals surface area contributed by atoms with Crippen molar-refractivity contribution in [3.8, 4) is 0 Å². The Balaban J connectivity index is 2.81. The fourth-order valence-corrected chi connectivity index (χ4v) is 1.79. The zero-order chi connectivity index (χ0) is 11.5. The topological polar surface area (TPSA) is 66.4 Å². The first kappa shape index (κ1) is 12.0. The van der Waals surface area contributed by atoms with Crippen molar-refractivity contribution < 1.29 is 13.5 Å². The van der Waals surface area contributed by atoms with Gasteiger partial charge in [-0.3, -0.25) is 4.72 Å². The van der Waals surface area contributed by atoms with E-state index in [1.807, 2.05) is 6.92 Å². The highest BCUT2D eigenvalue weighted by Gasteiger charge is 2.05. The van der Waals surface area contributed by atoms with Gasteiger partial charge in [0.15, 0.2) is 0 Å².